The highest BCUT2D eigenvalue weighted by molar-refractivity contribution is 7.80. The summed E-state index contributed by atoms with van der Waals surface area (Å²) in [6, 6.07) is 7.43. The van der Waals surface area contributed by atoms with Crippen molar-refractivity contribution < 1.29 is 24.9 Å². The van der Waals surface area contributed by atoms with Crippen LogP contribution < -0.4 is 16.2 Å². The molecule has 1 aromatic heterocycles. The maximum absolute atomic E-state index is 12.0. The molecular formula is C15H19N5O5S. The molecule has 0 bridgehead atoms. The smallest absolute Gasteiger partial charge is 0.258 e. The van der Waals surface area contributed by atoms with E-state index in [2.05, 4.69) is 21.2 Å². The molecule has 1 aliphatic rings. The molecule has 1 aromatic carbocycles. The molecule has 140 valence electrons. The Morgan fingerprint density at radius 3 is 2.85 bits per heavy atom. The molecule has 2 aromatic rings. The second kappa shape index (κ2) is 7.93. The topological polar surface area (TPSA) is 141 Å². The molecule has 1 saturated heterocycles. The first-order valence-electron chi connectivity index (χ1n) is 7.86. The fourth-order valence-electron chi connectivity index (χ4n) is 2.56. The minimum Gasteiger partial charge on any atom is -0.388 e. The molecule has 3 rings (SSSR count). The quantitative estimate of drug-likeness (QED) is 0.262. The Labute approximate surface area is 153 Å². The van der Waals surface area contributed by atoms with Crippen LogP contribution >= 0.6 is 12.2 Å². The maximum atomic E-state index is 12.0. The van der Waals surface area contributed by atoms with Crippen molar-refractivity contribution in [2.24, 2.45) is 0 Å². The Kier molecular flexibility index (Phi) is 5.64. The summed E-state index contributed by atoms with van der Waals surface area (Å²) in [7, 11) is 0. The predicted molar refractivity (Wildman–Crippen MR) is 94.5 cm³/mol. The number of hydrogen-bond acceptors (Lipinski definition) is 7. The molecule has 0 unspecified atom stereocenters. The van der Waals surface area contributed by atoms with Crippen LogP contribution in [0.15, 0.2) is 30.6 Å². The number of nitrogens with zero attached hydrogens (tertiary/aromatic N) is 2. The van der Waals surface area contributed by atoms with E-state index in [0.29, 0.717) is 0 Å². The Balaban J connectivity index is 1.48. The third kappa shape index (κ3) is 4.08. The molecule has 26 heavy (non-hydrogen) atoms. The van der Waals surface area contributed by atoms with E-state index < -0.39 is 24.5 Å². The molecule has 11 heteroatoms. The Bertz CT molecular complexity index is 800. The van der Waals surface area contributed by atoms with Crippen molar-refractivity contribution in [2.75, 3.05) is 6.61 Å². The number of para-hydroxylation sites is 2. The van der Waals surface area contributed by atoms with Crippen LogP contribution in [0.3, 0.4) is 0 Å². The zero-order valence-corrected chi connectivity index (χ0v) is 14.4. The average Bonchev–Trinajstić information content (AvgIpc) is 3.03. The number of thiocarbonyl (C=S) groups is 1. The lowest BCUT2D eigenvalue weighted by Gasteiger charge is -2.35. The van der Waals surface area contributed by atoms with Crippen LogP contribution in [0.4, 0.5) is 0 Å². The summed E-state index contributed by atoms with van der Waals surface area (Å²) in [6.45, 7) is -0.123. The van der Waals surface area contributed by atoms with Gasteiger partial charge in [-0.15, -0.1) is 0 Å². The number of ether oxygens (including phenoxy) is 1. The largest absolute Gasteiger partial charge is 0.388 e. The number of amides is 1. The zero-order valence-electron chi connectivity index (χ0n) is 13.6. The van der Waals surface area contributed by atoms with E-state index in [1.807, 2.05) is 24.3 Å². The lowest BCUT2D eigenvalue weighted by Crippen LogP contribution is -2.61. The number of aromatic nitrogens is 2. The summed E-state index contributed by atoms with van der Waals surface area (Å²) >= 11 is 5.01. The maximum Gasteiger partial charge on any atom is 0.258 e. The van der Waals surface area contributed by atoms with E-state index in [9.17, 15) is 20.1 Å². The monoisotopic (exact) mass is 381 g/mol. The van der Waals surface area contributed by atoms with Crippen LogP contribution in [-0.2, 0) is 16.1 Å². The normalized spacial score (nSPS) is 25.7. The molecule has 0 spiro atoms. The number of fused-ring (bicyclic) bond motifs is 1. The Hall–Kier alpha value is -2.31. The van der Waals surface area contributed by atoms with Crippen molar-refractivity contribution >= 4 is 34.3 Å². The molecule has 0 aliphatic carbocycles. The standard InChI is InChI=1S/C15H19N5O5S/c21-10-6-25-14(13(24)12(10)23)17-15(26)19-18-11(22)5-20-7-16-8-3-1-2-4-9(8)20/h1-4,7,10,12-14,21,23-24H,5-6H2,(H,18,22)(H2,17,19,26)/t10-,12+,13-,14-/m1/s1. The third-order valence-electron chi connectivity index (χ3n) is 3.93. The summed E-state index contributed by atoms with van der Waals surface area (Å²) in [6.07, 6.45) is -3.34. The van der Waals surface area contributed by atoms with Gasteiger partial charge in [-0.1, -0.05) is 12.1 Å². The van der Waals surface area contributed by atoms with Gasteiger partial charge in [-0.2, -0.15) is 0 Å². The number of hydrogen-bond donors (Lipinski definition) is 6. The highest BCUT2D eigenvalue weighted by Gasteiger charge is 2.37. The van der Waals surface area contributed by atoms with Gasteiger partial charge in [0.2, 0.25) is 0 Å². The molecule has 4 atom stereocenters. The van der Waals surface area contributed by atoms with Gasteiger partial charge >= 0.3 is 0 Å². The number of imidazole rings is 1. The fourth-order valence-corrected chi connectivity index (χ4v) is 2.72. The highest BCUT2D eigenvalue weighted by Crippen LogP contribution is 2.13. The first-order valence-corrected chi connectivity index (χ1v) is 8.27. The van der Waals surface area contributed by atoms with Gasteiger partial charge in [0, 0.05) is 0 Å². The van der Waals surface area contributed by atoms with Crippen LogP contribution in [0.25, 0.3) is 11.0 Å². The van der Waals surface area contributed by atoms with Gasteiger partial charge in [0.1, 0.15) is 24.9 Å². The van der Waals surface area contributed by atoms with Crippen molar-refractivity contribution in [1.82, 2.24) is 25.7 Å². The van der Waals surface area contributed by atoms with Gasteiger partial charge < -0.3 is 29.9 Å². The first kappa shape index (κ1) is 18.5. The second-order valence-corrected chi connectivity index (χ2v) is 6.22. The van der Waals surface area contributed by atoms with E-state index in [0.717, 1.165) is 11.0 Å². The highest BCUT2D eigenvalue weighted by atomic mass is 32.1. The zero-order chi connectivity index (χ0) is 18.7. The molecule has 0 saturated carbocycles. The van der Waals surface area contributed by atoms with Crippen LogP contribution in [0.5, 0.6) is 0 Å². The molecular weight excluding hydrogens is 362 g/mol. The van der Waals surface area contributed by atoms with E-state index in [1.165, 1.54) is 0 Å². The number of aliphatic hydroxyl groups excluding tert-OH is 3. The van der Waals surface area contributed by atoms with Crippen molar-refractivity contribution in [3.63, 3.8) is 0 Å². The Morgan fingerprint density at radius 2 is 2.04 bits per heavy atom. The fraction of sp³-hybridized carbons (Fsp3) is 0.400. The van der Waals surface area contributed by atoms with E-state index in [4.69, 9.17) is 17.0 Å². The van der Waals surface area contributed by atoms with Gasteiger partial charge in [-0.05, 0) is 24.4 Å². The minimum absolute atomic E-state index is 0.0125. The number of benzene rings is 1. The first-order chi connectivity index (χ1) is 12.5. The van der Waals surface area contributed by atoms with Gasteiger partial charge in [0.25, 0.3) is 5.91 Å². The lowest BCUT2D eigenvalue weighted by atomic mass is 10.0. The number of aliphatic hydroxyl groups is 3. The number of nitrogens with one attached hydrogen (secondary N) is 3. The third-order valence-corrected chi connectivity index (χ3v) is 4.15. The van der Waals surface area contributed by atoms with E-state index in [1.54, 1.807) is 10.9 Å². The molecule has 0 radical (unpaired) electrons. The van der Waals surface area contributed by atoms with Crippen molar-refractivity contribution in [1.29, 1.82) is 0 Å². The molecule has 6 N–H and O–H groups in total. The summed E-state index contributed by atoms with van der Waals surface area (Å²) in [4.78, 5) is 16.2. The number of carbonyl (C=O) groups is 1. The van der Waals surface area contributed by atoms with Crippen LogP contribution in [-0.4, -0.2) is 67.0 Å². The lowest BCUT2D eigenvalue weighted by molar-refractivity contribution is -0.190. The molecule has 1 amide bonds. The number of carbonyl (C=O) groups excluding carboxylic acids is 1. The summed E-state index contributed by atoms with van der Waals surface area (Å²) in [5.41, 5.74) is 6.52. The number of hydrazine groups is 1. The van der Waals surface area contributed by atoms with Gasteiger partial charge in [-0.3, -0.25) is 15.6 Å². The van der Waals surface area contributed by atoms with Crippen molar-refractivity contribution in [2.45, 2.75) is 31.1 Å². The van der Waals surface area contributed by atoms with Gasteiger partial charge in [0.15, 0.2) is 11.3 Å². The summed E-state index contributed by atoms with van der Waals surface area (Å²) in [5.74, 6) is -0.363. The number of rotatable bonds is 3. The van der Waals surface area contributed by atoms with Crippen molar-refractivity contribution in [3.8, 4) is 0 Å². The molecule has 10 nitrogen and oxygen atoms in total. The molecule has 1 aliphatic heterocycles. The van der Waals surface area contributed by atoms with Crippen molar-refractivity contribution in [3.05, 3.63) is 30.6 Å². The second-order valence-electron chi connectivity index (χ2n) is 5.81. The predicted octanol–water partition coefficient (Wildman–Crippen LogP) is -2.03. The van der Waals surface area contributed by atoms with E-state index >= 15 is 0 Å². The van der Waals surface area contributed by atoms with Gasteiger partial charge in [-0.25, -0.2) is 4.98 Å². The van der Waals surface area contributed by atoms with Crippen LogP contribution in [0, 0.1) is 0 Å². The molecule has 2 heterocycles. The average molecular weight is 381 g/mol. The van der Waals surface area contributed by atoms with Gasteiger partial charge in [0.05, 0.1) is 24.0 Å². The summed E-state index contributed by atoms with van der Waals surface area (Å²) < 4.78 is 6.85. The summed E-state index contributed by atoms with van der Waals surface area (Å²) in [5, 5.41) is 31.4. The van der Waals surface area contributed by atoms with Crippen LogP contribution in [0.1, 0.15) is 0 Å². The minimum atomic E-state index is -1.37. The van der Waals surface area contributed by atoms with Crippen LogP contribution in [0.2, 0.25) is 0 Å². The Morgan fingerprint density at radius 1 is 1.27 bits per heavy atom. The van der Waals surface area contributed by atoms with E-state index in [-0.39, 0.29) is 24.2 Å². The molecule has 1 fully saturated rings. The SMILES string of the molecule is O=C(Cn1cnc2ccccc21)NNC(=S)N[C@@H]1OC[C@@H](O)[C@H](O)[C@H]1O.